The molecule has 1 heteroatoms. The first kappa shape index (κ1) is 12.9. The van der Waals surface area contributed by atoms with E-state index >= 15 is 0 Å². The Labute approximate surface area is 91.3 Å². The minimum atomic E-state index is 1.04. The van der Waals surface area contributed by atoms with Crippen LogP contribution in [0.2, 0.25) is 0 Å². The van der Waals surface area contributed by atoms with Gasteiger partial charge >= 0.3 is 0 Å². The number of rotatable bonds is 3. The highest BCUT2D eigenvalue weighted by atomic mass is 32.1. The van der Waals surface area contributed by atoms with Crippen molar-refractivity contribution < 1.29 is 0 Å². The molecular formula is C13H18S. The van der Waals surface area contributed by atoms with Crippen LogP contribution in [0.15, 0.2) is 47.7 Å². The molecule has 76 valence electrons. The third kappa shape index (κ3) is 4.83. The topological polar surface area (TPSA) is 0 Å². The van der Waals surface area contributed by atoms with E-state index in [1.807, 2.05) is 32.9 Å². The van der Waals surface area contributed by atoms with Crippen LogP contribution >= 0.6 is 11.3 Å². The second-order valence-electron chi connectivity index (χ2n) is 2.72. The average molecular weight is 206 g/mol. The zero-order valence-corrected chi connectivity index (χ0v) is 10.0. The van der Waals surface area contributed by atoms with Crippen LogP contribution in [0.5, 0.6) is 0 Å². The first-order valence-electron chi connectivity index (χ1n) is 4.75. The molecule has 1 rings (SSSR count). The summed E-state index contributed by atoms with van der Waals surface area (Å²) in [5.74, 6) is 0. The number of thiophene rings is 1. The Hall–Kier alpha value is -1.08. The summed E-state index contributed by atoms with van der Waals surface area (Å²) in [5, 5.41) is 4.14. The minimum absolute atomic E-state index is 1.04. The fourth-order valence-corrected chi connectivity index (χ4v) is 1.47. The molecule has 14 heavy (non-hydrogen) atoms. The molecule has 0 nitrogen and oxygen atoms in total. The summed E-state index contributed by atoms with van der Waals surface area (Å²) < 4.78 is 0. The van der Waals surface area contributed by atoms with Crippen LogP contribution in [0.25, 0.3) is 5.57 Å². The van der Waals surface area contributed by atoms with Crippen LogP contribution in [0.3, 0.4) is 0 Å². The van der Waals surface area contributed by atoms with Gasteiger partial charge in [-0.25, -0.2) is 0 Å². The largest absolute Gasteiger partial charge is 0.152 e. The van der Waals surface area contributed by atoms with Gasteiger partial charge in [-0.1, -0.05) is 44.7 Å². The highest BCUT2D eigenvalue weighted by Crippen LogP contribution is 2.17. The van der Waals surface area contributed by atoms with Gasteiger partial charge in [0.25, 0.3) is 0 Å². The monoisotopic (exact) mass is 206 g/mol. The van der Waals surface area contributed by atoms with E-state index in [1.165, 1.54) is 5.56 Å². The first-order chi connectivity index (χ1) is 6.70. The van der Waals surface area contributed by atoms with E-state index in [1.54, 1.807) is 11.3 Å². The summed E-state index contributed by atoms with van der Waals surface area (Å²) in [4.78, 5) is 0. The van der Waals surface area contributed by atoms with Crippen molar-refractivity contribution in [2.45, 2.75) is 20.8 Å². The molecule has 0 aliphatic rings. The van der Waals surface area contributed by atoms with E-state index < -0.39 is 0 Å². The number of hydrogen-bond acceptors (Lipinski definition) is 1. The molecule has 0 radical (unpaired) electrons. The predicted molar refractivity (Wildman–Crippen MR) is 68.7 cm³/mol. The summed E-state index contributed by atoms with van der Waals surface area (Å²) in [6.45, 7) is 13.7. The maximum Gasteiger partial charge on any atom is -0.00149 e. The molecule has 0 saturated carbocycles. The molecular weight excluding hydrogens is 188 g/mol. The Bertz CT molecular complexity index is 302. The van der Waals surface area contributed by atoms with Crippen molar-refractivity contribution in [1.29, 1.82) is 0 Å². The normalized spacial score (nSPS) is 9.36. The van der Waals surface area contributed by atoms with Gasteiger partial charge in [-0.2, -0.15) is 11.3 Å². The standard InChI is InChI=1S/C11H12S.C2H6/c1-9(2)4-5-10(3)11-6-7-12-8-11;1-2/h4-8H,1,3H2,2H3;1-2H3/b5-4-;. The average Bonchev–Trinajstić information content (AvgIpc) is 2.70. The number of hydrogen-bond donors (Lipinski definition) is 0. The molecule has 1 heterocycles. The summed E-state index contributed by atoms with van der Waals surface area (Å²) in [7, 11) is 0. The lowest BCUT2D eigenvalue weighted by Gasteiger charge is -1.93. The molecule has 0 fully saturated rings. The van der Waals surface area contributed by atoms with Gasteiger partial charge in [0, 0.05) is 0 Å². The van der Waals surface area contributed by atoms with Gasteiger partial charge in [0.05, 0.1) is 0 Å². The minimum Gasteiger partial charge on any atom is -0.152 e. The third-order valence-electron chi connectivity index (χ3n) is 1.46. The zero-order chi connectivity index (χ0) is 11.0. The maximum absolute atomic E-state index is 3.95. The second kappa shape index (κ2) is 7.34. The van der Waals surface area contributed by atoms with Gasteiger partial charge in [-0.05, 0) is 34.9 Å². The van der Waals surface area contributed by atoms with Crippen molar-refractivity contribution in [3.63, 3.8) is 0 Å². The Morgan fingerprint density at radius 3 is 2.36 bits per heavy atom. The van der Waals surface area contributed by atoms with E-state index in [0.717, 1.165) is 11.1 Å². The van der Waals surface area contributed by atoms with Gasteiger partial charge in [-0.15, -0.1) is 0 Å². The fourth-order valence-electron chi connectivity index (χ4n) is 0.786. The Morgan fingerprint density at radius 2 is 1.93 bits per heavy atom. The van der Waals surface area contributed by atoms with Gasteiger partial charge in [-0.3, -0.25) is 0 Å². The molecule has 0 N–H and O–H groups in total. The van der Waals surface area contributed by atoms with Crippen molar-refractivity contribution in [3.05, 3.63) is 53.3 Å². The molecule has 0 aliphatic heterocycles. The summed E-state index contributed by atoms with van der Waals surface area (Å²) >= 11 is 1.69. The van der Waals surface area contributed by atoms with Crippen molar-refractivity contribution in [1.82, 2.24) is 0 Å². The van der Waals surface area contributed by atoms with E-state index in [2.05, 4.69) is 30.0 Å². The quantitative estimate of drug-likeness (QED) is 0.616. The SMILES string of the molecule is C=C(C)/C=C\C(=C)c1ccsc1.CC. The van der Waals surface area contributed by atoms with Crippen molar-refractivity contribution >= 4 is 16.9 Å². The first-order valence-corrected chi connectivity index (χ1v) is 5.69. The molecule has 1 aromatic rings. The zero-order valence-electron chi connectivity index (χ0n) is 9.21. The summed E-state index contributed by atoms with van der Waals surface area (Å²) in [6.07, 6.45) is 3.96. The lowest BCUT2D eigenvalue weighted by molar-refractivity contribution is 1.50. The van der Waals surface area contributed by atoms with Crippen LogP contribution in [0, 0.1) is 0 Å². The molecule has 0 aromatic carbocycles. The molecule has 1 aromatic heterocycles. The Balaban J connectivity index is 0.000000791. The van der Waals surface area contributed by atoms with Crippen molar-refractivity contribution in [2.75, 3.05) is 0 Å². The van der Waals surface area contributed by atoms with E-state index in [-0.39, 0.29) is 0 Å². The smallest absolute Gasteiger partial charge is 0.00149 e. The lowest BCUT2D eigenvalue weighted by atomic mass is 10.1. The maximum atomic E-state index is 3.95. The van der Waals surface area contributed by atoms with Crippen LogP contribution in [0.1, 0.15) is 26.3 Å². The van der Waals surface area contributed by atoms with E-state index in [0.29, 0.717) is 0 Å². The van der Waals surface area contributed by atoms with Gasteiger partial charge < -0.3 is 0 Å². The lowest BCUT2D eigenvalue weighted by Crippen LogP contribution is -1.71. The highest BCUT2D eigenvalue weighted by Gasteiger charge is 1.92. The molecule has 0 bridgehead atoms. The fraction of sp³-hybridized carbons (Fsp3) is 0.231. The van der Waals surface area contributed by atoms with E-state index in [4.69, 9.17) is 0 Å². The Kier molecular flexibility index (Phi) is 6.77. The highest BCUT2D eigenvalue weighted by molar-refractivity contribution is 7.08. The molecule has 0 aliphatic carbocycles. The summed E-state index contributed by atoms with van der Waals surface area (Å²) in [5.41, 5.74) is 3.28. The van der Waals surface area contributed by atoms with Crippen LogP contribution in [-0.2, 0) is 0 Å². The second-order valence-corrected chi connectivity index (χ2v) is 3.50. The molecule has 0 amide bonds. The van der Waals surface area contributed by atoms with Crippen LogP contribution in [0.4, 0.5) is 0 Å². The molecule has 0 atom stereocenters. The van der Waals surface area contributed by atoms with Gasteiger partial charge in [0.15, 0.2) is 0 Å². The summed E-state index contributed by atoms with van der Waals surface area (Å²) in [6, 6.07) is 2.07. The molecule has 0 unspecified atom stereocenters. The molecule has 0 spiro atoms. The third-order valence-corrected chi connectivity index (χ3v) is 2.14. The van der Waals surface area contributed by atoms with Crippen molar-refractivity contribution in [3.8, 4) is 0 Å². The van der Waals surface area contributed by atoms with Crippen LogP contribution < -0.4 is 0 Å². The Morgan fingerprint density at radius 1 is 1.29 bits per heavy atom. The van der Waals surface area contributed by atoms with Crippen molar-refractivity contribution in [2.24, 2.45) is 0 Å². The molecule has 0 saturated heterocycles. The van der Waals surface area contributed by atoms with Gasteiger partial charge in [0.2, 0.25) is 0 Å². The van der Waals surface area contributed by atoms with Crippen LogP contribution in [-0.4, -0.2) is 0 Å². The van der Waals surface area contributed by atoms with Gasteiger partial charge in [0.1, 0.15) is 0 Å². The predicted octanol–water partition coefficient (Wildman–Crippen LogP) is 4.92. The van der Waals surface area contributed by atoms with E-state index in [9.17, 15) is 0 Å². The number of allylic oxidation sites excluding steroid dienone is 4.